The van der Waals surface area contributed by atoms with E-state index in [0.717, 1.165) is 12.1 Å². The monoisotopic (exact) mass is 571 g/mol. The van der Waals surface area contributed by atoms with Crippen molar-refractivity contribution in [3.63, 3.8) is 0 Å². The van der Waals surface area contributed by atoms with Crippen molar-refractivity contribution in [1.29, 1.82) is 0 Å². The fraction of sp³-hybridized carbons (Fsp3) is 0.185. The Kier molecular flexibility index (Phi) is 8.03. The molecular formula is C27H26ClN3O7S. The first-order chi connectivity index (χ1) is 18.5. The molecule has 3 aromatic carbocycles. The highest BCUT2D eigenvalue weighted by Crippen LogP contribution is 2.36. The number of aromatic hydroxyl groups is 1. The Balaban J connectivity index is 1.65. The molecule has 0 fully saturated rings. The molecule has 0 bridgehead atoms. The molecule has 1 heterocycles. The Morgan fingerprint density at radius 2 is 1.69 bits per heavy atom. The Morgan fingerprint density at radius 3 is 2.36 bits per heavy atom. The minimum absolute atomic E-state index is 0.142. The van der Waals surface area contributed by atoms with Crippen molar-refractivity contribution in [3.05, 3.63) is 70.9 Å². The number of amides is 2. The van der Waals surface area contributed by atoms with Gasteiger partial charge in [0.2, 0.25) is 5.91 Å². The maximum Gasteiger partial charge on any atom is 0.272 e. The van der Waals surface area contributed by atoms with Crippen LogP contribution in [0.15, 0.2) is 59.5 Å². The van der Waals surface area contributed by atoms with E-state index in [2.05, 4.69) is 15.6 Å². The van der Waals surface area contributed by atoms with E-state index in [1.807, 2.05) is 0 Å². The SMILES string of the molecule is CCS(=O)(=O)c1cc(NC(=O)Cc2ccc(OC)cc2OC)c(O)c(NC(=O)c2cc3cc(Cl)ccc3[nH]2)c1. The number of halogens is 1. The van der Waals surface area contributed by atoms with Crippen molar-refractivity contribution in [1.82, 2.24) is 4.98 Å². The lowest BCUT2D eigenvalue weighted by molar-refractivity contribution is -0.115. The molecule has 204 valence electrons. The van der Waals surface area contributed by atoms with Gasteiger partial charge in [-0.25, -0.2) is 8.42 Å². The molecule has 12 heteroatoms. The molecule has 0 atom stereocenters. The number of aromatic nitrogens is 1. The lowest BCUT2D eigenvalue weighted by Crippen LogP contribution is -2.17. The van der Waals surface area contributed by atoms with Crippen LogP contribution in [0.2, 0.25) is 5.02 Å². The molecule has 0 aliphatic heterocycles. The number of ether oxygens (including phenoxy) is 2. The second-order valence-corrected chi connectivity index (χ2v) is 11.3. The van der Waals surface area contributed by atoms with Crippen LogP contribution in [0.1, 0.15) is 23.0 Å². The predicted molar refractivity (Wildman–Crippen MR) is 149 cm³/mol. The molecule has 4 aromatic rings. The zero-order valence-corrected chi connectivity index (χ0v) is 22.9. The van der Waals surface area contributed by atoms with E-state index >= 15 is 0 Å². The van der Waals surface area contributed by atoms with Crippen molar-refractivity contribution < 1.29 is 32.6 Å². The molecule has 2 amide bonds. The molecular weight excluding hydrogens is 546 g/mol. The van der Waals surface area contributed by atoms with Crippen LogP contribution in [0, 0.1) is 0 Å². The van der Waals surface area contributed by atoms with Crippen LogP contribution in [0.3, 0.4) is 0 Å². The molecule has 0 aliphatic carbocycles. The van der Waals surface area contributed by atoms with Crippen molar-refractivity contribution in [2.24, 2.45) is 0 Å². The maximum absolute atomic E-state index is 13.0. The second-order valence-electron chi connectivity index (χ2n) is 8.54. The lowest BCUT2D eigenvalue weighted by atomic mass is 10.1. The van der Waals surface area contributed by atoms with Crippen LogP contribution in [-0.4, -0.2) is 50.3 Å². The fourth-order valence-corrected chi connectivity index (χ4v) is 5.03. The number of hydrogen-bond acceptors (Lipinski definition) is 7. The molecule has 0 aliphatic rings. The van der Waals surface area contributed by atoms with Gasteiger partial charge >= 0.3 is 0 Å². The molecule has 4 N–H and O–H groups in total. The van der Waals surface area contributed by atoms with Gasteiger partial charge in [-0.1, -0.05) is 24.6 Å². The zero-order chi connectivity index (χ0) is 28.3. The number of carbonyl (C=O) groups is 2. The molecule has 0 saturated heterocycles. The van der Waals surface area contributed by atoms with Gasteiger partial charge in [0.25, 0.3) is 5.91 Å². The predicted octanol–water partition coefficient (Wildman–Crippen LogP) is 4.77. The third kappa shape index (κ3) is 6.10. The number of H-pyrrole nitrogens is 1. The van der Waals surface area contributed by atoms with Crippen LogP contribution < -0.4 is 20.1 Å². The van der Waals surface area contributed by atoms with Crippen molar-refractivity contribution in [2.75, 3.05) is 30.6 Å². The summed E-state index contributed by atoms with van der Waals surface area (Å²) in [6.45, 7) is 1.46. The Hall–Kier alpha value is -4.22. The number of phenolic OH excluding ortho intramolecular Hbond substituents is 1. The summed E-state index contributed by atoms with van der Waals surface area (Å²) in [4.78, 5) is 28.7. The van der Waals surface area contributed by atoms with Crippen LogP contribution >= 0.6 is 11.6 Å². The summed E-state index contributed by atoms with van der Waals surface area (Å²) in [5.41, 5.74) is 0.995. The quantitative estimate of drug-likeness (QED) is 0.212. The van der Waals surface area contributed by atoms with E-state index in [0.29, 0.717) is 33.0 Å². The molecule has 4 rings (SSSR count). The molecule has 0 unspecified atom stereocenters. The number of nitrogens with one attached hydrogen (secondary N) is 3. The number of fused-ring (bicyclic) bond motifs is 1. The normalized spacial score (nSPS) is 11.3. The fourth-order valence-electron chi connectivity index (χ4n) is 3.93. The summed E-state index contributed by atoms with van der Waals surface area (Å²) in [6.07, 6.45) is -0.142. The van der Waals surface area contributed by atoms with E-state index in [1.165, 1.54) is 21.1 Å². The van der Waals surface area contributed by atoms with Gasteiger partial charge in [0, 0.05) is 27.6 Å². The summed E-state index contributed by atoms with van der Waals surface area (Å²) < 4.78 is 35.9. The van der Waals surface area contributed by atoms with Crippen molar-refractivity contribution in [2.45, 2.75) is 18.2 Å². The maximum atomic E-state index is 13.0. The molecule has 0 radical (unpaired) electrons. The first-order valence-corrected chi connectivity index (χ1v) is 13.8. The van der Waals surface area contributed by atoms with Gasteiger partial charge in [0.15, 0.2) is 15.6 Å². The molecule has 39 heavy (non-hydrogen) atoms. The third-order valence-corrected chi connectivity index (χ3v) is 7.97. The van der Waals surface area contributed by atoms with Gasteiger partial charge in [-0.05, 0) is 42.5 Å². The summed E-state index contributed by atoms with van der Waals surface area (Å²) in [5, 5.41) is 17.2. The number of benzene rings is 3. The highest BCUT2D eigenvalue weighted by atomic mass is 35.5. The Morgan fingerprint density at radius 1 is 0.974 bits per heavy atom. The summed E-state index contributed by atoms with van der Waals surface area (Å²) in [5.74, 6) is -0.959. The summed E-state index contributed by atoms with van der Waals surface area (Å²) >= 11 is 6.02. The van der Waals surface area contributed by atoms with Gasteiger partial charge in [-0.3, -0.25) is 9.59 Å². The number of aromatic amines is 1. The molecule has 0 spiro atoms. The number of anilines is 2. The van der Waals surface area contributed by atoms with Crippen molar-refractivity contribution >= 4 is 55.5 Å². The highest BCUT2D eigenvalue weighted by molar-refractivity contribution is 7.91. The second kappa shape index (κ2) is 11.3. The first kappa shape index (κ1) is 27.8. The highest BCUT2D eigenvalue weighted by Gasteiger charge is 2.22. The number of methoxy groups -OCH3 is 2. The van der Waals surface area contributed by atoms with Crippen LogP contribution in [-0.2, 0) is 21.1 Å². The number of carbonyl (C=O) groups excluding carboxylic acids is 2. The van der Waals surface area contributed by atoms with Crippen LogP contribution in [0.25, 0.3) is 10.9 Å². The number of sulfone groups is 1. The van der Waals surface area contributed by atoms with Gasteiger partial charge in [-0.2, -0.15) is 0 Å². The van der Waals surface area contributed by atoms with E-state index in [1.54, 1.807) is 42.5 Å². The summed E-state index contributed by atoms with van der Waals surface area (Å²) in [7, 11) is -0.807. The van der Waals surface area contributed by atoms with Gasteiger partial charge in [-0.15, -0.1) is 0 Å². The van der Waals surface area contributed by atoms with E-state index in [-0.39, 0.29) is 34.1 Å². The Bertz CT molecular complexity index is 1680. The lowest BCUT2D eigenvalue weighted by Gasteiger charge is -2.15. The minimum atomic E-state index is -3.77. The average molecular weight is 572 g/mol. The molecule has 1 aromatic heterocycles. The van der Waals surface area contributed by atoms with Crippen LogP contribution in [0.4, 0.5) is 11.4 Å². The van der Waals surface area contributed by atoms with E-state index in [9.17, 15) is 23.1 Å². The average Bonchev–Trinajstić information content (AvgIpc) is 3.34. The number of rotatable bonds is 9. The topological polar surface area (TPSA) is 147 Å². The van der Waals surface area contributed by atoms with Gasteiger partial charge in [0.1, 0.15) is 17.2 Å². The first-order valence-electron chi connectivity index (χ1n) is 11.7. The smallest absolute Gasteiger partial charge is 0.272 e. The van der Waals surface area contributed by atoms with Gasteiger partial charge < -0.3 is 30.2 Å². The largest absolute Gasteiger partial charge is 0.504 e. The van der Waals surface area contributed by atoms with E-state index in [4.69, 9.17) is 21.1 Å². The number of hydrogen-bond donors (Lipinski definition) is 4. The van der Waals surface area contributed by atoms with Crippen LogP contribution in [0.5, 0.6) is 17.2 Å². The molecule has 10 nitrogen and oxygen atoms in total. The zero-order valence-electron chi connectivity index (χ0n) is 21.3. The standard InChI is InChI=1S/C27H26ClN3O7S/c1-4-39(35,36)19-13-21(30-25(32)11-15-5-7-18(37-2)12-24(15)38-3)26(33)22(14-19)31-27(34)23-10-16-9-17(28)6-8-20(16)29-23/h5-10,12-14,29,33H,4,11H2,1-3H3,(H,30,32)(H,31,34). The number of phenols is 1. The third-order valence-electron chi connectivity index (χ3n) is 6.02. The van der Waals surface area contributed by atoms with Crippen molar-refractivity contribution in [3.8, 4) is 17.2 Å². The summed E-state index contributed by atoms with van der Waals surface area (Å²) in [6, 6.07) is 13.9. The minimum Gasteiger partial charge on any atom is -0.504 e. The molecule has 0 saturated carbocycles. The Labute approximate surface area is 229 Å². The van der Waals surface area contributed by atoms with E-state index < -0.39 is 27.4 Å². The van der Waals surface area contributed by atoms with Gasteiger partial charge in [0.05, 0.1) is 42.7 Å².